The molecule has 1 saturated carbocycles. The molecule has 0 aromatic carbocycles. The molecule has 1 fully saturated rings. The lowest BCUT2D eigenvalue weighted by molar-refractivity contribution is 0.0145. The molecular weight excluding hydrogens is 250 g/mol. The van der Waals surface area contributed by atoms with Crippen molar-refractivity contribution in [3.63, 3.8) is 0 Å². The topological polar surface area (TPSA) is 48.4 Å². The van der Waals surface area contributed by atoms with Gasteiger partial charge in [0.25, 0.3) is 0 Å². The van der Waals surface area contributed by atoms with Gasteiger partial charge in [-0.3, -0.25) is 4.90 Å². The number of aromatic nitrogens is 1. The zero-order valence-corrected chi connectivity index (χ0v) is 12.7. The van der Waals surface area contributed by atoms with Gasteiger partial charge in [0, 0.05) is 31.4 Å². The summed E-state index contributed by atoms with van der Waals surface area (Å²) in [5.74, 6) is 0.972. The van der Waals surface area contributed by atoms with Crippen molar-refractivity contribution < 1.29 is 5.11 Å². The van der Waals surface area contributed by atoms with Crippen molar-refractivity contribution in [1.82, 2.24) is 9.88 Å². The van der Waals surface area contributed by atoms with Crippen LogP contribution in [-0.4, -0.2) is 40.7 Å². The van der Waals surface area contributed by atoms with Crippen LogP contribution in [0.1, 0.15) is 44.6 Å². The van der Waals surface area contributed by atoms with Crippen LogP contribution in [0.15, 0.2) is 18.3 Å². The third-order valence-corrected chi connectivity index (χ3v) is 3.97. The fourth-order valence-corrected chi connectivity index (χ4v) is 3.01. The minimum atomic E-state index is -0.478. The third kappa shape index (κ3) is 4.18. The summed E-state index contributed by atoms with van der Waals surface area (Å²) in [6.07, 6.45) is 7.09. The van der Waals surface area contributed by atoms with Crippen molar-refractivity contribution in [3.8, 4) is 0 Å². The molecule has 0 radical (unpaired) electrons. The number of hydrogen-bond acceptors (Lipinski definition) is 4. The number of aliphatic hydroxyl groups is 1. The molecule has 0 saturated heterocycles. The second-order valence-corrected chi connectivity index (χ2v) is 6.04. The molecule has 0 unspecified atom stereocenters. The molecule has 2 N–H and O–H groups in total. The number of nitrogens with one attached hydrogen (secondary N) is 1. The lowest BCUT2D eigenvalue weighted by Crippen LogP contribution is -2.38. The van der Waals surface area contributed by atoms with Gasteiger partial charge in [-0.25, -0.2) is 4.98 Å². The van der Waals surface area contributed by atoms with E-state index in [0.717, 1.165) is 57.6 Å². The SMILES string of the molecule is CCCNc1ncccc1CN(C)CC1(O)CCCC1. The zero-order valence-electron chi connectivity index (χ0n) is 12.7. The quantitative estimate of drug-likeness (QED) is 0.804. The Labute approximate surface area is 122 Å². The van der Waals surface area contributed by atoms with Crippen molar-refractivity contribution in [3.05, 3.63) is 23.9 Å². The van der Waals surface area contributed by atoms with Gasteiger partial charge in [-0.05, 0) is 32.4 Å². The molecule has 0 amide bonds. The molecule has 0 aliphatic heterocycles. The Bertz CT molecular complexity index is 416. The van der Waals surface area contributed by atoms with E-state index in [2.05, 4.69) is 35.2 Å². The molecule has 0 bridgehead atoms. The van der Waals surface area contributed by atoms with Gasteiger partial charge in [-0.1, -0.05) is 25.8 Å². The van der Waals surface area contributed by atoms with Gasteiger partial charge >= 0.3 is 0 Å². The van der Waals surface area contributed by atoms with Gasteiger partial charge in [0.05, 0.1) is 5.60 Å². The predicted octanol–water partition coefficient (Wildman–Crippen LogP) is 2.64. The van der Waals surface area contributed by atoms with Crippen LogP contribution < -0.4 is 5.32 Å². The van der Waals surface area contributed by atoms with Crippen molar-refractivity contribution in [2.24, 2.45) is 0 Å². The summed E-state index contributed by atoms with van der Waals surface area (Å²) in [6, 6.07) is 4.09. The van der Waals surface area contributed by atoms with Crippen LogP contribution in [0, 0.1) is 0 Å². The Kier molecular flexibility index (Phi) is 5.38. The van der Waals surface area contributed by atoms with E-state index < -0.39 is 5.60 Å². The third-order valence-electron chi connectivity index (χ3n) is 3.97. The maximum Gasteiger partial charge on any atom is 0.130 e. The van der Waals surface area contributed by atoms with E-state index >= 15 is 0 Å². The smallest absolute Gasteiger partial charge is 0.130 e. The van der Waals surface area contributed by atoms with Gasteiger partial charge in [-0.15, -0.1) is 0 Å². The highest BCUT2D eigenvalue weighted by Gasteiger charge is 2.32. The molecule has 1 aromatic heterocycles. The molecule has 4 heteroatoms. The van der Waals surface area contributed by atoms with Crippen molar-refractivity contribution in [2.75, 3.05) is 25.5 Å². The van der Waals surface area contributed by atoms with Crippen LogP contribution in [0.5, 0.6) is 0 Å². The van der Waals surface area contributed by atoms with Crippen molar-refractivity contribution >= 4 is 5.82 Å². The van der Waals surface area contributed by atoms with Crippen LogP contribution in [0.3, 0.4) is 0 Å². The van der Waals surface area contributed by atoms with E-state index in [9.17, 15) is 5.11 Å². The summed E-state index contributed by atoms with van der Waals surface area (Å²) in [6.45, 7) is 4.66. The molecule has 1 aromatic rings. The predicted molar refractivity (Wildman–Crippen MR) is 82.8 cm³/mol. The van der Waals surface area contributed by atoms with Gasteiger partial charge in [0.2, 0.25) is 0 Å². The number of hydrogen-bond donors (Lipinski definition) is 2. The summed E-state index contributed by atoms with van der Waals surface area (Å²) >= 11 is 0. The summed E-state index contributed by atoms with van der Waals surface area (Å²) < 4.78 is 0. The number of pyridine rings is 1. The molecule has 4 nitrogen and oxygen atoms in total. The fourth-order valence-electron chi connectivity index (χ4n) is 3.01. The Hall–Kier alpha value is -1.13. The van der Waals surface area contributed by atoms with Crippen LogP contribution in [0.25, 0.3) is 0 Å². The van der Waals surface area contributed by atoms with Gasteiger partial charge in [0.15, 0.2) is 0 Å². The Morgan fingerprint density at radius 2 is 2.15 bits per heavy atom. The first-order valence-corrected chi connectivity index (χ1v) is 7.72. The van der Waals surface area contributed by atoms with E-state index in [-0.39, 0.29) is 0 Å². The van der Waals surface area contributed by atoms with Crippen LogP contribution in [0.2, 0.25) is 0 Å². The average Bonchev–Trinajstić information content (AvgIpc) is 2.84. The Balaban J connectivity index is 1.94. The normalized spacial score (nSPS) is 17.6. The van der Waals surface area contributed by atoms with E-state index in [4.69, 9.17) is 0 Å². The average molecular weight is 277 g/mol. The molecule has 1 aliphatic carbocycles. The first kappa shape index (κ1) is 15.3. The number of nitrogens with zero attached hydrogens (tertiary/aromatic N) is 2. The second kappa shape index (κ2) is 7.04. The van der Waals surface area contributed by atoms with Crippen molar-refractivity contribution in [2.45, 2.75) is 51.2 Å². The van der Waals surface area contributed by atoms with Crippen LogP contribution >= 0.6 is 0 Å². The van der Waals surface area contributed by atoms with E-state index in [1.54, 1.807) is 0 Å². The maximum atomic E-state index is 10.5. The molecule has 0 atom stereocenters. The van der Waals surface area contributed by atoms with E-state index in [0.29, 0.717) is 0 Å². The monoisotopic (exact) mass is 277 g/mol. The Morgan fingerprint density at radius 3 is 2.85 bits per heavy atom. The first-order chi connectivity index (χ1) is 9.63. The van der Waals surface area contributed by atoms with Gasteiger partial charge < -0.3 is 10.4 Å². The molecule has 112 valence electrons. The highest BCUT2D eigenvalue weighted by atomic mass is 16.3. The van der Waals surface area contributed by atoms with Gasteiger partial charge in [-0.2, -0.15) is 0 Å². The van der Waals surface area contributed by atoms with Crippen LogP contribution in [-0.2, 0) is 6.54 Å². The van der Waals surface area contributed by atoms with Crippen molar-refractivity contribution in [1.29, 1.82) is 0 Å². The maximum absolute atomic E-state index is 10.5. The lowest BCUT2D eigenvalue weighted by Gasteiger charge is -2.29. The summed E-state index contributed by atoms with van der Waals surface area (Å²) in [4.78, 5) is 6.63. The summed E-state index contributed by atoms with van der Waals surface area (Å²) in [7, 11) is 2.08. The van der Waals surface area contributed by atoms with E-state index in [1.807, 2.05) is 12.3 Å². The largest absolute Gasteiger partial charge is 0.389 e. The highest BCUT2D eigenvalue weighted by molar-refractivity contribution is 5.43. The molecule has 20 heavy (non-hydrogen) atoms. The lowest BCUT2D eigenvalue weighted by atomic mass is 10.0. The first-order valence-electron chi connectivity index (χ1n) is 7.72. The summed E-state index contributed by atoms with van der Waals surface area (Å²) in [5, 5.41) is 13.8. The molecular formula is C16H27N3O. The highest BCUT2D eigenvalue weighted by Crippen LogP contribution is 2.30. The second-order valence-electron chi connectivity index (χ2n) is 6.04. The van der Waals surface area contributed by atoms with E-state index in [1.165, 1.54) is 5.56 Å². The molecule has 0 spiro atoms. The van der Waals surface area contributed by atoms with Crippen LogP contribution in [0.4, 0.5) is 5.82 Å². The number of rotatable bonds is 7. The number of anilines is 1. The minimum absolute atomic E-state index is 0.478. The number of likely N-dealkylation sites (N-methyl/N-ethyl adjacent to an activating group) is 1. The standard InChI is InChI=1S/C16H27N3O/c1-3-10-17-15-14(7-6-11-18-15)12-19(2)13-16(20)8-4-5-9-16/h6-7,11,20H,3-5,8-10,12-13H2,1-2H3,(H,17,18). The molecule has 2 rings (SSSR count). The zero-order chi connectivity index (χ0) is 14.4. The van der Waals surface area contributed by atoms with Gasteiger partial charge in [0.1, 0.15) is 5.82 Å². The summed E-state index contributed by atoms with van der Waals surface area (Å²) in [5.41, 5.74) is 0.721. The molecule has 1 heterocycles. The fraction of sp³-hybridized carbons (Fsp3) is 0.688. The minimum Gasteiger partial charge on any atom is -0.389 e. The molecule has 1 aliphatic rings. The Morgan fingerprint density at radius 1 is 1.40 bits per heavy atom.